The van der Waals surface area contributed by atoms with Gasteiger partial charge < -0.3 is 0 Å². The largest absolute Gasteiger partial charge is 0.295 e. The smallest absolute Gasteiger partial charge is 0.248 e. The zero-order valence-electron chi connectivity index (χ0n) is 18.3. The third-order valence-electron chi connectivity index (χ3n) is 6.74. The number of hydrogen-bond donors (Lipinski definition) is 0. The van der Waals surface area contributed by atoms with Crippen LogP contribution >= 0.6 is 23.2 Å². The summed E-state index contributed by atoms with van der Waals surface area (Å²) in [5.41, 5.74) is -0.298. The first kappa shape index (κ1) is 25.8. The lowest BCUT2D eigenvalue weighted by Crippen LogP contribution is -2.60. The van der Waals surface area contributed by atoms with E-state index < -0.39 is 21.5 Å². The van der Waals surface area contributed by atoms with Crippen LogP contribution < -0.4 is 0 Å². The number of benzene rings is 1. The standard InChI is InChI=1S/C22H30Cl2F2N2O3S/c1-2-16-32(30,31)28-14-12-27(13-15-28)21(8-10-22(25,26)11-9-21)7-6-19(29)20-17(23)4-3-5-18(20)24/h3-5H,2,6-16H2,1H3. The fraction of sp³-hybridized carbons (Fsp3) is 0.682. The van der Waals surface area contributed by atoms with Gasteiger partial charge in [0.05, 0.1) is 21.4 Å². The van der Waals surface area contributed by atoms with Crippen LogP contribution in [-0.2, 0) is 10.0 Å². The Morgan fingerprint density at radius 1 is 1.03 bits per heavy atom. The highest BCUT2D eigenvalue weighted by atomic mass is 35.5. The van der Waals surface area contributed by atoms with Gasteiger partial charge in [0, 0.05) is 51.0 Å². The molecule has 1 heterocycles. The van der Waals surface area contributed by atoms with Crippen LogP contribution in [0.15, 0.2) is 18.2 Å². The summed E-state index contributed by atoms with van der Waals surface area (Å²) in [6.07, 6.45) is 1.17. The molecule has 1 saturated heterocycles. The average molecular weight is 511 g/mol. The summed E-state index contributed by atoms with van der Waals surface area (Å²) >= 11 is 12.3. The molecule has 0 atom stereocenters. The third-order valence-corrected chi connectivity index (χ3v) is 9.44. The van der Waals surface area contributed by atoms with E-state index in [1.165, 1.54) is 4.31 Å². The zero-order valence-corrected chi connectivity index (χ0v) is 20.6. The van der Waals surface area contributed by atoms with E-state index in [-0.39, 0.29) is 59.2 Å². The highest BCUT2D eigenvalue weighted by molar-refractivity contribution is 7.89. The van der Waals surface area contributed by atoms with Crippen LogP contribution in [-0.4, -0.2) is 66.8 Å². The summed E-state index contributed by atoms with van der Waals surface area (Å²) in [5, 5.41) is 0.558. The molecule has 5 nitrogen and oxygen atoms in total. The minimum absolute atomic E-state index is 0.109. The summed E-state index contributed by atoms with van der Waals surface area (Å²) in [4.78, 5) is 15.0. The van der Waals surface area contributed by atoms with E-state index in [4.69, 9.17) is 23.2 Å². The van der Waals surface area contributed by atoms with Gasteiger partial charge in [-0.25, -0.2) is 17.2 Å². The molecular formula is C22H30Cl2F2N2O3S. The number of sulfonamides is 1. The van der Waals surface area contributed by atoms with E-state index in [0.29, 0.717) is 39.0 Å². The van der Waals surface area contributed by atoms with Gasteiger partial charge in [-0.15, -0.1) is 0 Å². The molecule has 0 radical (unpaired) electrons. The Kier molecular flexibility index (Phi) is 8.24. The van der Waals surface area contributed by atoms with Crippen molar-refractivity contribution in [2.24, 2.45) is 0 Å². The van der Waals surface area contributed by atoms with E-state index in [2.05, 4.69) is 4.90 Å². The number of ketones is 1. The van der Waals surface area contributed by atoms with Gasteiger partial charge in [0.2, 0.25) is 15.9 Å². The molecule has 1 aromatic carbocycles. The number of hydrogen-bond acceptors (Lipinski definition) is 4. The molecule has 1 aliphatic heterocycles. The number of carbonyl (C=O) groups is 1. The average Bonchev–Trinajstić information content (AvgIpc) is 2.73. The highest BCUT2D eigenvalue weighted by Crippen LogP contribution is 2.44. The van der Waals surface area contributed by atoms with Crippen molar-refractivity contribution in [2.75, 3.05) is 31.9 Å². The Balaban J connectivity index is 1.74. The van der Waals surface area contributed by atoms with Gasteiger partial charge in [0.15, 0.2) is 5.78 Å². The Bertz CT molecular complexity index is 905. The summed E-state index contributed by atoms with van der Waals surface area (Å²) in [5.74, 6) is -2.80. The van der Waals surface area contributed by atoms with Gasteiger partial charge in [0.25, 0.3) is 0 Å². The van der Waals surface area contributed by atoms with Gasteiger partial charge >= 0.3 is 0 Å². The van der Waals surface area contributed by atoms with Gasteiger partial charge in [0.1, 0.15) is 0 Å². The fourth-order valence-corrected chi connectivity index (χ4v) is 6.97. The van der Waals surface area contributed by atoms with E-state index in [1.807, 2.05) is 6.92 Å². The third kappa shape index (κ3) is 5.81. The molecule has 0 spiro atoms. The molecule has 0 unspecified atom stereocenters. The number of carbonyl (C=O) groups excluding carboxylic acids is 1. The number of Topliss-reactive ketones (excluding diaryl/α,β-unsaturated/α-hetero) is 1. The van der Waals surface area contributed by atoms with Crippen molar-refractivity contribution in [2.45, 2.75) is 63.3 Å². The molecule has 32 heavy (non-hydrogen) atoms. The van der Waals surface area contributed by atoms with Crippen molar-refractivity contribution in [3.8, 4) is 0 Å². The molecule has 0 N–H and O–H groups in total. The molecule has 0 aromatic heterocycles. The summed E-state index contributed by atoms with van der Waals surface area (Å²) in [6.45, 7) is 3.44. The minimum Gasteiger partial charge on any atom is -0.295 e. The van der Waals surface area contributed by atoms with Gasteiger partial charge in [-0.05, 0) is 37.8 Å². The van der Waals surface area contributed by atoms with Crippen LogP contribution in [0.2, 0.25) is 10.0 Å². The predicted octanol–water partition coefficient (Wildman–Crippen LogP) is 5.26. The number of rotatable bonds is 8. The quantitative estimate of drug-likeness (QED) is 0.447. The Morgan fingerprint density at radius 2 is 1.59 bits per heavy atom. The summed E-state index contributed by atoms with van der Waals surface area (Å²) in [6, 6.07) is 4.87. The van der Waals surface area contributed by atoms with Crippen molar-refractivity contribution in [3.05, 3.63) is 33.8 Å². The lowest BCUT2D eigenvalue weighted by molar-refractivity contribution is -0.0891. The minimum atomic E-state index is -3.29. The van der Waals surface area contributed by atoms with Crippen molar-refractivity contribution in [3.63, 3.8) is 0 Å². The lowest BCUT2D eigenvalue weighted by atomic mass is 9.74. The molecule has 2 fully saturated rings. The molecule has 1 saturated carbocycles. The first-order valence-corrected chi connectivity index (χ1v) is 13.4. The van der Waals surface area contributed by atoms with E-state index in [1.54, 1.807) is 18.2 Å². The topological polar surface area (TPSA) is 57.7 Å². The predicted molar refractivity (Wildman–Crippen MR) is 123 cm³/mol. The van der Waals surface area contributed by atoms with Crippen LogP contribution in [0, 0.1) is 0 Å². The lowest BCUT2D eigenvalue weighted by Gasteiger charge is -2.51. The second-order valence-electron chi connectivity index (χ2n) is 8.80. The summed E-state index contributed by atoms with van der Waals surface area (Å²) < 4.78 is 54.3. The zero-order chi connectivity index (χ0) is 23.6. The van der Waals surface area contributed by atoms with Crippen molar-refractivity contribution < 1.29 is 22.0 Å². The maximum absolute atomic E-state index is 14.0. The normalized spacial score (nSPS) is 22.0. The highest BCUT2D eigenvalue weighted by Gasteiger charge is 2.47. The van der Waals surface area contributed by atoms with Crippen LogP contribution in [0.5, 0.6) is 0 Å². The second kappa shape index (κ2) is 10.2. The van der Waals surface area contributed by atoms with E-state index in [9.17, 15) is 22.0 Å². The van der Waals surface area contributed by atoms with E-state index >= 15 is 0 Å². The van der Waals surface area contributed by atoms with Crippen LogP contribution in [0.1, 0.15) is 62.2 Å². The monoisotopic (exact) mass is 510 g/mol. The molecule has 0 bridgehead atoms. The number of halogens is 4. The number of piperazine rings is 1. The van der Waals surface area contributed by atoms with Crippen molar-refractivity contribution in [1.82, 2.24) is 9.21 Å². The Labute approximate surface area is 199 Å². The molecule has 10 heteroatoms. The van der Waals surface area contributed by atoms with Gasteiger partial charge in [-0.3, -0.25) is 9.69 Å². The van der Waals surface area contributed by atoms with Crippen molar-refractivity contribution in [1.29, 1.82) is 0 Å². The molecule has 180 valence electrons. The van der Waals surface area contributed by atoms with Crippen LogP contribution in [0.4, 0.5) is 8.78 Å². The first-order chi connectivity index (χ1) is 15.0. The maximum Gasteiger partial charge on any atom is 0.248 e. The van der Waals surface area contributed by atoms with Crippen LogP contribution in [0.25, 0.3) is 0 Å². The Hall–Kier alpha value is -0.800. The maximum atomic E-state index is 14.0. The van der Waals surface area contributed by atoms with Gasteiger partial charge in [-0.2, -0.15) is 4.31 Å². The second-order valence-corrected chi connectivity index (χ2v) is 11.7. The first-order valence-electron chi connectivity index (χ1n) is 11.1. The van der Waals surface area contributed by atoms with Crippen LogP contribution in [0.3, 0.4) is 0 Å². The van der Waals surface area contributed by atoms with Gasteiger partial charge in [-0.1, -0.05) is 36.2 Å². The molecule has 0 amide bonds. The summed E-state index contributed by atoms with van der Waals surface area (Å²) in [7, 11) is -3.29. The molecule has 1 aromatic rings. The molecular weight excluding hydrogens is 481 g/mol. The Morgan fingerprint density at radius 3 is 2.12 bits per heavy atom. The van der Waals surface area contributed by atoms with Crippen molar-refractivity contribution >= 4 is 39.0 Å². The fourth-order valence-electron chi connectivity index (χ4n) is 4.87. The molecule has 3 rings (SSSR count). The molecule has 2 aliphatic rings. The SMILES string of the molecule is CCCS(=O)(=O)N1CCN(C2(CCC(=O)c3c(Cl)cccc3Cl)CCC(F)(F)CC2)CC1. The molecule has 1 aliphatic carbocycles. The van der Waals surface area contributed by atoms with E-state index in [0.717, 1.165) is 0 Å². The number of nitrogens with zero attached hydrogens (tertiary/aromatic N) is 2. The number of alkyl halides is 2.